The summed E-state index contributed by atoms with van der Waals surface area (Å²) in [6.07, 6.45) is 4.25. The summed E-state index contributed by atoms with van der Waals surface area (Å²) >= 11 is 3.03. The van der Waals surface area contributed by atoms with Crippen molar-refractivity contribution in [1.82, 2.24) is 19.9 Å². The van der Waals surface area contributed by atoms with Crippen LogP contribution in [0, 0.1) is 5.92 Å². The van der Waals surface area contributed by atoms with Gasteiger partial charge in [0.2, 0.25) is 10.1 Å². The molecule has 3 heterocycles. The fourth-order valence-electron chi connectivity index (χ4n) is 3.31. The minimum Gasteiger partial charge on any atom is -0.347 e. The number of piperidine rings is 1. The van der Waals surface area contributed by atoms with Crippen molar-refractivity contribution in [1.29, 1.82) is 0 Å². The van der Waals surface area contributed by atoms with E-state index in [9.17, 15) is 9.59 Å². The van der Waals surface area contributed by atoms with E-state index in [0.717, 1.165) is 36.6 Å². The van der Waals surface area contributed by atoms with Crippen LogP contribution in [0.3, 0.4) is 0 Å². The maximum absolute atomic E-state index is 12.8. The van der Waals surface area contributed by atoms with Crippen LogP contribution in [0.2, 0.25) is 0 Å². The number of hydrogen-bond donors (Lipinski definition) is 1. The molecule has 0 radical (unpaired) electrons. The molecule has 0 atom stereocenters. The molecular weight excluding hydrogens is 406 g/mol. The van der Waals surface area contributed by atoms with Crippen molar-refractivity contribution in [3.05, 3.63) is 51.9 Å². The van der Waals surface area contributed by atoms with E-state index in [1.807, 2.05) is 30.5 Å². The van der Waals surface area contributed by atoms with Crippen LogP contribution in [0.5, 0.6) is 0 Å². The van der Waals surface area contributed by atoms with Crippen molar-refractivity contribution < 1.29 is 4.79 Å². The molecule has 1 amide bonds. The molecule has 1 aromatic carbocycles. The maximum atomic E-state index is 12.8. The third-order valence-corrected chi connectivity index (χ3v) is 6.86. The molecule has 0 spiro atoms. The van der Waals surface area contributed by atoms with Crippen molar-refractivity contribution in [2.75, 3.05) is 24.2 Å². The highest BCUT2D eigenvalue weighted by Gasteiger charge is 2.21. The predicted octanol–water partition coefficient (Wildman–Crippen LogP) is 3.04. The van der Waals surface area contributed by atoms with Gasteiger partial charge in [-0.15, -0.1) is 16.9 Å². The average Bonchev–Trinajstić information content (AvgIpc) is 3.16. The number of rotatable bonds is 5. The van der Waals surface area contributed by atoms with E-state index >= 15 is 0 Å². The van der Waals surface area contributed by atoms with Crippen LogP contribution in [-0.2, 0) is 6.54 Å². The minimum atomic E-state index is -0.429. The second-order valence-electron chi connectivity index (χ2n) is 7.26. The van der Waals surface area contributed by atoms with Gasteiger partial charge >= 0.3 is 0 Å². The van der Waals surface area contributed by atoms with Gasteiger partial charge in [-0.3, -0.25) is 9.59 Å². The fourth-order valence-corrected chi connectivity index (χ4v) is 4.68. The Morgan fingerprint density at radius 2 is 2.00 bits per heavy atom. The van der Waals surface area contributed by atoms with Gasteiger partial charge in [-0.2, -0.15) is 9.50 Å². The molecule has 0 aliphatic carbocycles. The van der Waals surface area contributed by atoms with Crippen LogP contribution >= 0.6 is 23.1 Å². The molecule has 29 heavy (non-hydrogen) atoms. The smallest absolute Gasteiger partial charge is 0.274 e. The third kappa shape index (κ3) is 4.45. The van der Waals surface area contributed by atoms with Gasteiger partial charge < -0.3 is 10.2 Å². The highest BCUT2D eigenvalue weighted by molar-refractivity contribution is 7.98. The summed E-state index contributed by atoms with van der Waals surface area (Å²) < 4.78 is 1.49. The summed E-state index contributed by atoms with van der Waals surface area (Å²) in [6.45, 7) is 4.50. The summed E-state index contributed by atoms with van der Waals surface area (Å²) in [5.41, 5.74) is 0.783. The van der Waals surface area contributed by atoms with E-state index in [4.69, 9.17) is 0 Å². The van der Waals surface area contributed by atoms with Gasteiger partial charge in [0.1, 0.15) is 5.69 Å². The Hall–Kier alpha value is -2.39. The zero-order chi connectivity index (χ0) is 20.4. The lowest BCUT2D eigenvalue weighted by Crippen LogP contribution is -2.32. The zero-order valence-corrected chi connectivity index (χ0v) is 18.1. The number of anilines is 1. The van der Waals surface area contributed by atoms with Crippen molar-refractivity contribution in [2.24, 2.45) is 5.92 Å². The molecule has 1 saturated heterocycles. The molecule has 0 saturated carbocycles. The number of thioether (sulfide) groups is 1. The lowest BCUT2D eigenvalue weighted by atomic mass is 10.00. The number of aromatic nitrogens is 3. The summed E-state index contributed by atoms with van der Waals surface area (Å²) in [4.78, 5) is 32.7. The third-order valence-electron chi connectivity index (χ3n) is 5.14. The van der Waals surface area contributed by atoms with Crippen molar-refractivity contribution >= 4 is 39.1 Å². The second kappa shape index (κ2) is 8.54. The summed E-state index contributed by atoms with van der Waals surface area (Å²) in [5.74, 6) is 0.378. The fraction of sp³-hybridized carbons (Fsp3) is 0.400. The monoisotopic (exact) mass is 429 g/mol. The maximum Gasteiger partial charge on any atom is 0.274 e. The van der Waals surface area contributed by atoms with E-state index in [1.54, 1.807) is 11.8 Å². The van der Waals surface area contributed by atoms with Crippen molar-refractivity contribution in [2.45, 2.75) is 31.2 Å². The number of fused-ring (bicyclic) bond motifs is 1. The summed E-state index contributed by atoms with van der Waals surface area (Å²) in [6, 6.07) is 9.26. The quantitative estimate of drug-likeness (QED) is 0.628. The number of benzene rings is 1. The van der Waals surface area contributed by atoms with Crippen molar-refractivity contribution in [3.8, 4) is 0 Å². The average molecular weight is 430 g/mol. The number of nitrogens with zero attached hydrogens (tertiary/aromatic N) is 4. The Kier molecular flexibility index (Phi) is 5.86. The standard InChI is InChI=1S/C20H23N5O2S2/c1-13-7-9-24(10-8-13)20-23-25-16(11-17(26)22-19(25)29-20)18(27)21-12-14-3-5-15(28-2)6-4-14/h3-6,11,13H,7-10,12H2,1-2H3,(H,21,27). The predicted molar refractivity (Wildman–Crippen MR) is 117 cm³/mol. The Morgan fingerprint density at radius 3 is 2.69 bits per heavy atom. The Morgan fingerprint density at radius 1 is 1.28 bits per heavy atom. The van der Waals surface area contributed by atoms with Crippen LogP contribution in [-0.4, -0.2) is 39.9 Å². The first-order chi connectivity index (χ1) is 14.0. The van der Waals surface area contributed by atoms with Crippen LogP contribution in [0.4, 0.5) is 5.13 Å². The topological polar surface area (TPSA) is 79.6 Å². The second-order valence-corrected chi connectivity index (χ2v) is 9.07. The van der Waals surface area contributed by atoms with Gasteiger partial charge in [-0.1, -0.05) is 30.4 Å². The Labute approximate surface area is 177 Å². The molecule has 9 heteroatoms. The number of carbonyl (C=O) groups is 1. The first kappa shape index (κ1) is 19.9. The summed E-state index contributed by atoms with van der Waals surface area (Å²) in [5, 5.41) is 8.28. The molecule has 152 valence electrons. The van der Waals surface area contributed by atoms with Crippen LogP contribution in [0.1, 0.15) is 35.8 Å². The number of amides is 1. The normalized spacial score (nSPS) is 15.0. The molecule has 1 aliphatic heterocycles. The van der Waals surface area contributed by atoms with Gasteiger partial charge in [-0.05, 0) is 42.7 Å². The van der Waals surface area contributed by atoms with Gasteiger partial charge in [0.25, 0.3) is 11.5 Å². The molecular formula is C20H23N5O2S2. The van der Waals surface area contributed by atoms with Gasteiger partial charge in [0.15, 0.2) is 0 Å². The molecule has 1 fully saturated rings. The number of carbonyl (C=O) groups excluding carboxylic acids is 1. The van der Waals surface area contributed by atoms with E-state index in [-0.39, 0.29) is 11.6 Å². The number of hydrogen-bond acceptors (Lipinski definition) is 7. The van der Waals surface area contributed by atoms with E-state index in [0.29, 0.717) is 17.4 Å². The zero-order valence-electron chi connectivity index (χ0n) is 16.4. The first-order valence-electron chi connectivity index (χ1n) is 9.60. The lowest BCUT2D eigenvalue weighted by molar-refractivity contribution is 0.0943. The summed E-state index contributed by atoms with van der Waals surface area (Å²) in [7, 11) is 0. The Balaban J connectivity index is 1.55. The molecule has 2 aromatic heterocycles. The van der Waals surface area contributed by atoms with Gasteiger partial charge in [-0.25, -0.2) is 0 Å². The van der Waals surface area contributed by atoms with E-state index in [2.05, 4.69) is 27.2 Å². The first-order valence-corrected chi connectivity index (χ1v) is 11.6. The van der Waals surface area contributed by atoms with Gasteiger partial charge in [0.05, 0.1) is 0 Å². The van der Waals surface area contributed by atoms with E-state index in [1.165, 1.54) is 26.8 Å². The molecule has 0 unspecified atom stereocenters. The van der Waals surface area contributed by atoms with Crippen molar-refractivity contribution in [3.63, 3.8) is 0 Å². The van der Waals surface area contributed by atoms with E-state index < -0.39 is 5.56 Å². The Bertz CT molecular complexity index is 1070. The molecule has 3 aromatic rings. The van der Waals surface area contributed by atoms with Crippen LogP contribution in [0.15, 0.2) is 40.0 Å². The highest BCUT2D eigenvalue weighted by atomic mass is 32.2. The number of nitrogens with one attached hydrogen (secondary N) is 1. The molecule has 1 N–H and O–H groups in total. The minimum absolute atomic E-state index is 0.216. The highest BCUT2D eigenvalue weighted by Crippen LogP contribution is 2.27. The SMILES string of the molecule is CSc1ccc(CNC(=O)c2cc(=O)nc3sc(N4CCC(C)CC4)nn23)cc1. The molecule has 4 rings (SSSR count). The molecule has 1 aliphatic rings. The molecule has 0 bridgehead atoms. The van der Waals surface area contributed by atoms with Gasteiger partial charge in [0, 0.05) is 30.6 Å². The van der Waals surface area contributed by atoms with Crippen LogP contribution in [0.25, 0.3) is 4.96 Å². The lowest BCUT2D eigenvalue weighted by Gasteiger charge is -2.29. The molecule has 7 nitrogen and oxygen atoms in total. The largest absolute Gasteiger partial charge is 0.347 e. The van der Waals surface area contributed by atoms with Crippen LogP contribution < -0.4 is 15.8 Å².